The van der Waals surface area contributed by atoms with E-state index in [1.165, 1.54) is 0 Å². The Balaban J connectivity index is 2.21. The minimum atomic E-state index is -0.665. The number of carbonyl (C=O) groups is 1. The van der Waals surface area contributed by atoms with Gasteiger partial charge in [-0.25, -0.2) is 4.79 Å². The van der Waals surface area contributed by atoms with Gasteiger partial charge in [0.1, 0.15) is 11.1 Å². The lowest BCUT2D eigenvalue weighted by atomic mass is 10.0. The van der Waals surface area contributed by atoms with Gasteiger partial charge in [0.2, 0.25) is 0 Å². The summed E-state index contributed by atoms with van der Waals surface area (Å²) < 4.78 is 5.37. The van der Waals surface area contributed by atoms with E-state index in [9.17, 15) is 9.59 Å². The topological polar surface area (TPSA) is 50.5 Å². The molecule has 3 rings (SSSR count). The van der Waals surface area contributed by atoms with Gasteiger partial charge in [-0.15, -0.1) is 0 Å². The number of nitrogens with zero attached hydrogens (tertiary/aromatic N) is 1. The third-order valence-electron chi connectivity index (χ3n) is 4.28. The van der Waals surface area contributed by atoms with Crippen molar-refractivity contribution in [3.05, 3.63) is 75.6 Å². The van der Waals surface area contributed by atoms with Crippen molar-refractivity contribution in [2.45, 2.75) is 13.8 Å². The summed E-state index contributed by atoms with van der Waals surface area (Å²) in [5.41, 5.74) is 1.90. The third-order valence-corrected chi connectivity index (χ3v) is 4.28. The van der Waals surface area contributed by atoms with Crippen molar-refractivity contribution >= 4 is 22.9 Å². The second kappa shape index (κ2) is 7.71. The van der Waals surface area contributed by atoms with Gasteiger partial charge in [-0.2, -0.15) is 0 Å². The van der Waals surface area contributed by atoms with E-state index < -0.39 is 5.63 Å². The van der Waals surface area contributed by atoms with Gasteiger partial charge in [-0.05, 0) is 38.1 Å². The summed E-state index contributed by atoms with van der Waals surface area (Å²) in [5.74, 6) is 6.00. The maximum absolute atomic E-state index is 12.2. The molecule has 0 fully saturated rings. The first-order valence-corrected chi connectivity index (χ1v) is 8.56. The van der Waals surface area contributed by atoms with E-state index in [0.717, 1.165) is 24.3 Å². The summed E-state index contributed by atoms with van der Waals surface area (Å²) in [5, 5.41) is 0.658. The Labute approximate surface area is 152 Å². The van der Waals surface area contributed by atoms with Crippen molar-refractivity contribution in [2.75, 3.05) is 18.0 Å². The molecule has 3 aromatic rings. The quantitative estimate of drug-likeness (QED) is 0.409. The van der Waals surface area contributed by atoms with Crippen molar-refractivity contribution in [1.82, 2.24) is 0 Å². The van der Waals surface area contributed by atoms with Gasteiger partial charge >= 0.3 is 5.63 Å². The molecule has 0 aliphatic rings. The van der Waals surface area contributed by atoms with Gasteiger partial charge in [-0.3, -0.25) is 4.79 Å². The second-order valence-electron chi connectivity index (χ2n) is 5.76. The number of anilines is 1. The fourth-order valence-electron chi connectivity index (χ4n) is 2.89. The number of fused-ring (bicyclic) bond motifs is 1. The first-order chi connectivity index (χ1) is 12.7. The number of benzene rings is 2. The summed E-state index contributed by atoms with van der Waals surface area (Å²) in [4.78, 5) is 25.8. The van der Waals surface area contributed by atoms with Crippen LogP contribution in [0.5, 0.6) is 0 Å². The molecule has 0 amide bonds. The highest BCUT2D eigenvalue weighted by molar-refractivity contribution is 5.93. The maximum atomic E-state index is 12.2. The van der Waals surface area contributed by atoms with E-state index in [4.69, 9.17) is 4.42 Å². The van der Waals surface area contributed by atoms with Crippen LogP contribution in [-0.4, -0.2) is 19.4 Å². The van der Waals surface area contributed by atoms with Crippen LogP contribution >= 0.6 is 0 Å². The molecule has 0 saturated carbocycles. The van der Waals surface area contributed by atoms with Crippen LogP contribution in [0, 0.1) is 11.8 Å². The molecule has 2 aromatic carbocycles. The lowest BCUT2D eigenvalue weighted by Crippen LogP contribution is -2.21. The van der Waals surface area contributed by atoms with E-state index in [0.29, 0.717) is 22.8 Å². The second-order valence-corrected chi connectivity index (χ2v) is 5.76. The first kappa shape index (κ1) is 17.5. The summed E-state index contributed by atoms with van der Waals surface area (Å²) in [6.45, 7) is 5.82. The zero-order valence-corrected chi connectivity index (χ0v) is 14.8. The molecule has 0 radical (unpaired) electrons. The van der Waals surface area contributed by atoms with Crippen molar-refractivity contribution in [3.8, 4) is 11.8 Å². The smallest absolute Gasteiger partial charge is 0.348 e. The molecule has 0 unspecified atom stereocenters. The van der Waals surface area contributed by atoms with Crippen LogP contribution in [0.3, 0.4) is 0 Å². The predicted octanol–water partition coefficient (Wildman–Crippen LogP) is 3.85. The molecule has 0 atom stereocenters. The van der Waals surface area contributed by atoms with Crippen LogP contribution in [0.4, 0.5) is 5.69 Å². The lowest BCUT2D eigenvalue weighted by Gasteiger charge is -2.21. The average molecular weight is 345 g/mol. The van der Waals surface area contributed by atoms with Crippen LogP contribution < -0.4 is 10.5 Å². The Hall–Kier alpha value is -3.32. The molecule has 0 aliphatic carbocycles. The fraction of sp³-hybridized carbons (Fsp3) is 0.182. The summed E-state index contributed by atoms with van der Waals surface area (Å²) in [6.07, 6.45) is 0.512. The van der Waals surface area contributed by atoms with E-state index in [-0.39, 0.29) is 5.56 Å². The standard InChI is InChI=1S/C22H19NO3/c1-3-23(4-2)17-11-13-19-18(12-10-16-8-6-5-7-9-16)20(15-24)22(25)26-21(19)14-17/h5-9,11,13-15H,3-4H2,1-2H3. The normalized spacial score (nSPS) is 10.2. The van der Waals surface area contributed by atoms with Crippen molar-refractivity contribution in [2.24, 2.45) is 0 Å². The van der Waals surface area contributed by atoms with Crippen molar-refractivity contribution in [1.29, 1.82) is 0 Å². The molecule has 0 aliphatic heterocycles. The van der Waals surface area contributed by atoms with Gasteiger partial charge in [0.25, 0.3) is 0 Å². The maximum Gasteiger partial charge on any atom is 0.348 e. The van der Waals surface area contributed by atoms with E-state index in [1.807, 2.05) is 48.5 Å². The van der Waals surface area contributed by atoms with E-state index in [2.05, 4.69) is 30.6 Å². The molecule has 26 heavy (non-hydrogen) atoms. The SMILES string of the molecule is CCN(CC)c1ccc2c(C#Cc3ccccc3)c(C=O)c(=O)oc2c1. The summed E-state index contributed by atoms with van der Waals surface area (Å²) >= 11 is 0. The number of rotatable bonds is 4. The summed E-state index contributed by atoms with van der Waals surface area (Å²) in [6, 6.07) is 15.1. The molecular formula is C22H19NO3. The predicted molar refractivity (Wildman–Crippen MR) is 104 cm³/mol. The summed E-state index contributed by atoms with van der Waals surface area (Å²) in [7, 11) is 0. The monoisotopic (exact) mass is 345 g/mol. The minimum Gasteiger partial charge on any atom is -0.422 e. The van der Waals surface area contributed by atoms with Gasteiger partial charge < -0.3 is 9.32 Å². The lowest BCUT2D eigenvalue weighted by molar-refractivity contribution is 0.112. The van der Waals surface area contributed by atoms with Gasteiger partial charge in [0.15, 0.2) is 6.29 Å². The number of hydrogen-bond acceptors (Lipinski definition) is 4. The Morgan fingerprint density at radius 2 is 1.77 bits per heavy atom. The fourth-order valence-corrected chi connectivity index (χ4v) is 2.89. The van der Waals surface area contributed by atoms with Gasteiger partial charge in [0, 0.05) is 35.8 Å². The highest BCUT2D eigenvalue weighted by Gasteiger charge is 2.14. The minimum absolute atomic E-state index is 0.0449. The van der Waals surface area contributed by atoms with Gasteiger partial charge in [0.05, 0.1) is 5.56 Å². The van der Waals surface area contributed by atoms with Crippen molar-refractivity contribution in [3.63, 3.8) is 0 Å². The Morgan fingerprint density at radius 1 is 1.04 bits per heavy atom. The van der Waals surface area contributed by atoms with Crippen molar-refractivity contribution < 1.29 is 9.21 Å². The Morgan fingerprint density at radius 3 is 2.42 bits per heavy atom. The number of carbonyl (C=O) groups excluding carboxylic acids is 1. The Kier molecular flexibility index (Phi) is 5.19. The third kappa shape index (κ3) is 3.38. The molecule has 4 nitrogen and oxygen atoms in total. The van der Waals surface area contributed by atoms with Crippen LogP contribution in [0.1, 0.15) is 35.3 Å². The number of hydrogen-bond donors (Lipinski definition) is 0. The molecule has 1 heterocycles. The van der Waals surface area contributed by atoms with Crippen LogP contribution in [-0.2, 0) is 0 Å². The number of aldehydes is 1. The first-order valence-electron chi connectivity index (χ1n) is 8.56. The molecule has 0 N–H and O–H groups in total. The molecule has 0 saturated heterocycles. The zero-order chi connectivity index (χ0) is 18.5. The van der Waals surface area contributed by atoms with Gasteiger partial charge in [-0.1, -0.05) is 30.0 Å². The van der Waals surface area contributed by atoms with E-state index >= 15 is 0 Å². The Bertz CT molecular complexity index is 1050. The van der Waals surface area contributed by atoms with Crippen LogP contribution in [0.2, 0.25) is 0 Å². The molecule has 0 spiro atoms. The molecule has 1 aromatic heterocycles. The zero-order valence-electron chi connectivity index (χ0n) is 14.8. The van der Waals surface area contributed by atoms with E-state index in [1.54, 1.807) is 0 Å². The largest absolute Gasteiger partial charge is 0.422 e. The average Bonchev–Trinajstić information content (AvgIpc) is 2.67. The molecule has 0 bridgehead atoms. The molecule has 130 valence electrons. The molecule has 4 heteroatoms. The highest BCUT2D eigenvalue weighted by Crippen LogP contribution is 2.25. The van der Waals surface area contributed by atoms with Crippen LogP contribution in [0.15, 0.2) is 57.7 Å². The highest BCUT2D eigenvalue weighted by atomic mass is 16.4. The molecular weight excluding hydrogens is 326 g/mol. The van der Waals surface area contributed by atoms with Crippen LogP contribution in [0.25, 0.3) is 11.0 Å².